The average Bonchev–Trinajstić information content (AvgIpc) is 3.00. The third-order valence-electron chi connectivity index (χ3n) is 4.37. The zero-order chi connectivity index (χ0) is 23.3. The molecule has 1 heterocycles. The Kier molecular flexibility index (Phi) is 7.47. The highest BCUT2D eigenvalue weighted by atomic mass is 79.9. The second-order valence-corrected chi connectivity index (χ2v) is 7.45. The molecule has 0 atom stereocenters. The zero-order valence-corrected chi connectivity index (χ0v) is 19.0. The molecule has 4 amide bonds. The summed E-state index contributed by atoms with van der Waals surface area (Å²) in [5, 5.41) is 4.80. The summed E-state index contributed by atoms with van der Waals surface area (Å²) in [6, 6.07) is 8.24. The van der Waals surface area contributed by atoms with Crippen LogP contribution in [0.25, 0.3) is 6.08 Å². The minimum Gasteiger partial charge on any atom is -0.490 e. The number of amides is 4. The molecule has 2 aromatic carbocycles. The Morgan fingerprint density at radius 2 is 1.81 bits per heavy atom. The number of urea groups is 1. The number of hydrogen-bond acceptors (Lipinski definition) is 5. The SMILES string of the molecule is CCOc1cc(Br)c(/C=C2/NC(=O)N(CC(=O)Nc3ccccc3F)C2=O)cc1OCC. The molecule has 0 bridgehead atoms. The van der Waals surface area contributed by atoms with Gasteiger partial charge < -0.3 is 20.1 Å². The summed E-state index contributed by atoms with van der Waals surface area (Å²) < 4.78 is 25.5. The smallest absolute Gasteiger partial charge is 0.329 e. The van der Waals surface area contributed by atoms with Gasteiger partial charge in [0.2, 0.25) is 5.91 Å². The molecule has 1 aliphatic heterocycles. The van der Waals surface area contributed by atoms with Crippen LogP contribution in [0.3, 0.4) is 0 Å². The van der Waals surface area contributed by atoms with Crippen molar-refractivity contribution in [3.05, 3.63) is 57.9 Å². The molecule has 32 heavy (non-hydrogen) atoms. The molecule has 1 fully saturated rings. The molecule has 0 aliphatic carbocycles. The first-order valence-corrected chi connectivity index (χ1v) is 10.6. The van der Waals surface area contributed by atoms with Crippen LogP contribution in [0.15, 0.2) is 46.6 Å². The second-order valence-electron chi connectivity index (χ2n) is 6.59. The topological polar surface area (TPSA) is 97.0 Å². The van der Waals surface area contributed by atoms with E-state index in [9.17, 15) is 18.8 Å². The van der Waals surface area contributed by atoms with Crippen LogP contribution in [0.2, 0.25) is 0 Å². The number of benzene rings is 2. The minimum atomic E-state index is -0.753. The van der Waals surface area contributed by atoms with Gasteiger partial charge in [0.15, 0.2) is 11.5 Å². The number of hydrogen-bond donors (Lipinski definition) is 2. The summed E-state index contributed by atoms with van der Waals surface area (Å²) in [5.74, 6) is -0.985. The molecular formula is C22H21BrFN3O5. The molecule has 2 N–H and O–H groups in total. The van der Waals surface area contributed by atoms with E-state index in [1.807, 2.05) is 13.8 Å². The second kappa shape index (κ2) is 10.3. The van der Waals surface area contributed by atoms with Crippen molar-refractivity contribution in [1.82, 2.24) is 10.2 Å². The molecule has 1 aliphatic rings. The summed E-state index contributed by atoms with van der Waals surface area (Å²) in [6.45, 7) is 3.98. The van der Waals surface area contributed by atoms with Gasteiger partial charge in [-0.25, -0.2) is 14.1 Å². The number of rotatable bonds is 8. The van der Waals surface area contributed by atoms with Crippen LogP contribution < -0.4 is 20.1 Å². The fraction of sp³-hybridized carbons (Fsp3) is 0.227. The average molecular weight is 506 g/mol. The van der Waals surface area contributed by atoms with E-state index in [-0.39, 0.29) is 11.4 Å². The van der Waals surface area contributed by atoms with Gasteiger partial charge in [0.05, 0.1) is 18.9 Å². The standard InChI is InChI=1S/C22H21BrFN3O5/c1-3-31-18-10-13(14(23)11-19(18)32-4-2)9-17-21(29)27(22(30)26-17)12-20(28)25-16-8-6-5-7-15(16)24/h5-11H,3-4,12H2,1-2H3,(H,25,28)(H,26,30)/b17-9+. The van der Waals surface area contributed by atoms with Gasteiger partial charge in [0, 0.05) is 4.47 Å². The van der Waals surface area contributed by atoms with Gasteiger partial charge in [-0.1, -0.05) is 28.1 Å². The molecule has 1 saturated heterocycles. The first kappa shape index (κ1) is 23.3. The number of nitrogens with one attached hydrogen (secondary N) is 2. The fourth-order valence-corrected chi connectivity index (χ4v) is 3.40. The van der Waals surface area contributed by atoms with E-state index in [4.69, 9.17) is 9.47 Å². The lowest BCUT2D eigenvalue weighted by molar-refractivity contribution is -0.127. The molecule has 0 saturated carbocycles. The molecule has 3 rings (SSSR count). The molecule has 0 aromatic heterocycles. The van der Waals surface area contributed by atoms with E-state index in [1.54, 1.807) is 18.2 Å². The van der Waals surface area contributed by atoms with Crippen molar-refractivity contribution in [3.63, 3.8) is 0 Å². The molecule has 8 nitrogen and oxygen atoms in total. The number of halogens is 2. The molecule has 168 valence electrons. The summed E-state index contributed by atoms with van der Waals surface area (Å²) in [5.41, 5.74) is 0.515. The normalized spacial score (nSPS) is 14.5. The molecule has 0 spiro atoms. The van der Waals surface area contributed by atoms with Crippen LogP contribution in [0.4, 0.5) is 14.9 Å². The third kappa shape index (κ3) is 5.25. The Labute approximate surface area is 192 Å². The van der Waals surface area contributed by atoms with Crippen molar-refractivity contribution >= 4 is 45.5 Å². The van der Waals surface area contributed by atoms with Gasteiger partial charge in [-0.2, -0.15) is 0 Å². The Morgan fingerprint density at radius 3 is 2.47 bits per heavy atom. The summed E-state index contributed by atoms with van der Waals surface area (Å²) in [7, 11) is 0. The minimum absolute atomic E-state index is 0.0130. The highest BCUT2D eigenvalue weighted by molar-refractivity contribution is 9.10. The number of carbonyl (C=O) groups is 3. The fourth-order valence-electron chi connectivity index (χ4n) is 2.96. The van der Waals surface area contributed by atoms with Crippen molar-refractivity contribution in [2.75, 3.05) is 25.1 Å². The van der Waals surface area contributed by atoms with Gasteiger partial charge in [0.1, 0.15) is 18.1 Å². The van der Waals surface area contributed by atoms with Gasteiger partial charge >= 0.3 is 6.03 Å². The molecule has 2 aromatic rings. The molecular weight excluding hydrogens is 485 g/mol. The van der Waals surface area contributed by atoms with Gasteiger partial charge in [0.25, 0.3) is 5.91 Å². The largest absolute Gasteiger partial charge is 0.490 e. The van der Waals surface area contributed by atoms with Gasteiger partial charge in [-0.3, -0.25) is 9.59 Å². The highest BCUT2D eigenvalue weighted by Gasteiger charge is 2.35. The van der Waals surface area contributed by atoms with Crippen LogP contribution >= 0.6 is 15.9 Å². The van der Waals surface area contributed by atoms with E-state index in [1.165, 1.54) is 24.3 Å². The summed E-state index contributed by atoms with van der Waals surface area (Å²) in [6.07, 6.45) is 1.47. The Balaban J connectivity index is 1.78. The first-order valence-electron chi connectivity index (χ1n) is 9.82. The van der Waals surface area contributed by atoms with Gasteiger partial charge in [-0.05, 0) is 49.8 Å². The number of para-hydroxylation sites is 1. The predicted octanol–water partition coefficient (Wildman–Crippen LogP) is 3.92. The van der Waals surface area contributed by atoms with Crippen molar-refractivity contribution < 1.29 is 28.2 Å². The first-order chi connectivity index (χ1) is 15.3. The van der Waals surface area contributed by atoms with Crippen molar-refractivity contribution in [3.8, 4) is 11.5 Å². The van der Waals surface area contributed by atoms with E-state index in [0.717, 1.165) is 4.90 Å². The van der Waals surface area contributed by atoms with Crippen LogP contribution in [0, 0.1) is 5.82 Å². The lowest BCUT2D eigenvalue weighted by Crippen LogP contribution is -2.38. The van der Waals surface area contributed by atoms with E-state index >= 15 is 0 Å². The highest BCUT2D eigenvalue weighted by Crippen LogP contribution is 2.35. The quantitative estimate of drug-likeness (QED) is 0.418. The Bertz CT molecular complexity index is 1090. The number of ether oxygens (including phenoxy) is 2. The van der Waals surface area contributed by atoms with E-state index in [2.05, 4.69) is 26.6 Å². The lowest BCUT2D eigenvalue weighted by atomic mass is 10.1. The maximum atomic E-state index is 13.7. The Hall–Kier alpha value is -3.40. The van der Waals surface area contributed by atoms with Crippen molar-refractivity contribution in [2.24, 2.45) is 0 Å². The van der Waals surface area contributed by atoms with Crippen LogP contribution in [-0.2, 0) is 9.59 Å². The van der Waals surface area contributed by atoms with Crippen LogP contribution in [0.1, 0.15) is 19.4 Å². The maximum Gasteiger partial charge on any atom is 0.329 e. The zero-order valence-electron chi connectivity index (χ0n) is 17.4. The summed E-state index contributed by atoms with van der Waals surface area (Å²) >= 11 is 3.43. The lowest BCUT2D eigenvalue weighted by Gasteiger charge is -2.13. The van der Waals surface area contributed by atoms with Gasteiger partial charge in [-0.15, -0.1) is 0 Å². The summed E-state index contributed by atoms with van der Waals surface area (Å²) in [4.78, 5) is 38.0. The van der Waals surface area contributed by atoms with Crippen molar-refractivity contribution in [1.29, 1.82) is 0 Å². The van der Waals surface area contributed by atoms with Crippen LogP contribution in [-0.4, -0.2) is 42.5 Å². The number of imide groups is 1. The van der Waals surface area contributed by atoms with Crippen LogP contribution in [0.5, 0.6) is 11.5 Å². The van der Waals surface area contributed by atoms with E-state index in [0.29, 0.717) is 34.7 Å². The Morgan fingerprint density at radius 1 is 1.16 bits per heavy atom. The molecule has 0 radical (unpaired) electrons. The monoisotopic (exact) mass is 505 g/mol. The molecule has 0 unspecified atom stereocenters. The third-order valence-corrected chi connectivity index (χ3v) is 5.06. The maximum absolute atomic E-state index is 13.7. The number of nitrogens with zero attached hydrogens (tertiary/aromatic N) is 1. The number of anilines is 1. The molecule has 10 heteroatoms. The van der Waals surface area contributed by atoms with Crippen molar-refractivity contribution in [2.45, 2.75) is 13.8 Å². The predicted molar refractivity (Wildman–Crippen MR) is 120 cm³/mol. The van der Waals surface area contributed by atoms with E-state index < -0.39 is 30.2 Å². The number of carbonyl (C=O) groups excluding carboxylic acids is 3.